The Morgan fingerprint density at radius 3 is 2.85 bits per heavy atom. The maximum atomic E-state index is 11.4. The molecule has 1 heterocycles. The number of hydrogen-bond donors (Lipinski definition) is 0. The highest BCUT2D eigenvalue weighted by atomic mass is 16.5. The number of piperazine rings is 1. The van der Waals surface area contributed by atoms with Gasteiger partial charge in [-0.2, -0.15) is 0 Å². The Bertz CT molecular complexity index is 173. The van der Waals surface area contributed by atoms with Crippen LogP contribution in [0.2, 0.25) is 0 Å². The highest BCUT2D eigenvalue weighted by Gasteiger charge is 2.20. The summed E-state index contributed by atoms with van der Waals surface area (Å²) in [5.74, 6) is 0.216. The minimum Gasteiger partial charge on any atom is -0.380 e. The van der Waals surface area contributed by atoms with E-state index in [1.54, 1.807) is 0 Å². The Labute approximate surface area is 79.4 Å². The fraction of sp³-hybridized carbons (Fsp3) is 0.889. The van der Waals surface area contributed by atoms with Crippen LogP contribution in [0.1, 0.15) is 6.92 Å². The van der Waals surface area contributed by atoms with Crippen LogP contribution in [-0.2, 0) is 9.53 Å². The summed E-state index contributed by atoms with van der Waals surface area (Å²) in [6.07, 6.45) is 0. The van der Waals surface area contributed by atoms with E-state index in [1.807, 2.05) is 23.8 Å². The zero-order valence-electron chi connectivity index (χ0n) is 8.45. The van der Waals surface area contributed by atoms with Crippen molar-refractivity contribution in [2.75, 3.05) is 46.4 Å². The van der Waals surface area contributed by atoms with Crippen molar-refractivity contribution < 1.29 is 9.53 Å². The van der Waals surface area contributed by atoms with Crippen LogP contribution in [0.5, 0.6) is 0 Å². The third-order valence-electron chi connectivity index (χ3n) is 2.22. The first-order chi connectivity index (χ1) is 6.24. The van der Waals surface area contributed by atoms with E-state index < -0.39 is 0 Å². The van der Waals surface area contributed by atoms with E-state index in [0.29, 0.717) is 13.2 Å². The maximum Gasteiger partial charge on any atom is 0.236 e. The lowest BCUT2D eigenvalue weighted by atomic mass is 10.3. The number of ether oxygens (including phenoxy) is 1. The predicted octanol–water partition coefficient (Wildman–Crippen LogP) is -0.203. The molecule has 1 aliphatic rings. The molecule has 0 aromatic heterocycles. The molecule has 13 heavy (non-hydrogen) atoms. The van der Waals surface area contributed by atoms with Crippen molar-refractivity contribution in [3.8, 4) is 0 Å². The van der Waals surface area contributed by atoms with Gasteiger partial charge in [0, 0.05) is 26.2 Å². The van der Waals surface area contributed by atoms with Gasteiger partial charge in [0.25, 0.3) is 0 Å². The molecule has 4 heteroatoms. The molecule has 0 aromatic rings. The Morgan fingerprint density at radius 1 is 1.46 bits per heavy atom. The molecular weight excluding hydrogens is 168 g/mol. The van der Waals surface area contributed by atoms with Crippen LogP contribution >= 0.6 is 0 Å². The normalized spacial score (nSPS) is 19.5. The van der Waals surface area contributed by atoms with Gasteiger partial charge in [-0.15, -0.1) is 0 Å². The summed E-state index contributed by atoms with van der Waals surface area (Å²) >= 11 is 0. The smallest absolute Gasteiger partial charge is 0.236 e. The Balaban J connectivity index is 2.22. The van der Waals surface area contributed by atoms with Crippen molar-refractivity contribution in [2.45, 2.75) is 6.92 Å². The molecule has 0 unspecified atom stereocenters. The second-order valence-corrected chi connectivity index (χ2v) is 3.32. The van der Waals surface area contributed by atoms with E-state index in [2.05, 4.69) is 0 Å². The molecule has 0 N–H and O–H groups in total. The maximum absolute atomic E-state index is 11.4. The first-order valence-electron chi connectivity index (χ1n) is 4.78. The summed E-state index contributed by atoms with van der Waals surface area (Å²) < 4.78 is 5.20. The Morgan fingerprint density at radius 2 is 2.23 bits per heavy atom. The highest BCUT2D eigenvalue weighted by molar-refractivity contribution is 5.78. The van der Waals surface area contributed by atoms with Gasteiger partial charge in [0.1, 0.15) is 0 Å². The number of nitrogens with zero attached hydrogens (tertiary/aromatic N) is 2. The summed E-state index contributed by atoms with van der Waals surface area (Å²) in [5, 5.41) is 0. The number of carbonyl (C=O) groups is 1. The summed E-state index contributed by atoms with van der Waals surface area (Å²) in [6, 6.07) is 0. The predicted molar refractivity (Wildman–Crippen MR) is 50.6 cm³/mol. The molecule has 0 radical (unpaired) electrons. The zero-order valence-corrected chi connectivity index (χ0v) is 8.45. The fourth-order valence-corrected chi connectivity index (χ4v) is 1.38. The number of rotatable bonds is 4. The van der Waals surface area contributed by atoms with Gasteiger partial charge in [-0.25, -0.2) is 0 Å². The average molecular weight is 186 g/mol. The van der Waals surface area contributed by atoms with Crippen molar-refractivity contribution >= 4 is 5.91 Å². The van der Waals surface area contributed by atoms with Gasteiger partial charge in [0.2, 0.25) is 5.91 Å². The van der Waals surface area contributed by atoms with Crippen molar-refractivity contribution in [1.82, 2.24) is 9.80 Å². The van der Waals surface area contributed by atoms with Gasteiger partial charge in [0.05, 0.1) is 13.2 Å². The summed E-state index contributed by atoms with van der Waals surface area (Å²) in [6.45, 7) is 6.44. The molecular formula is C9H18N2O2. The molecule has 1 saturated heterocycles. The van der Waals surface area contributed by atoms with E-state index in [9.17, 15) is 4.79 Å². The molecule has 1 aliphatic heterocycles. The number of carbonyl (C=O) groups excluding carboxylic acids is 1. The summed E-state index contributed by atoms with van der Waals surface area (Å²) in [4.78, 5) is 15.3. The third-order valence-corrected chi connectivity index (χ3v) is 2.22. The monoisotopic (exact) mass is 186 g/mol. The molecule has 0 atom stereocenters. The van der Waals surface area contributed by atoms with Crippen LogP contribution in [0.15, 0.2) is 0 Å². The molecule has 0 aliphatic carbocycles. The Hall–Kier alpha value is -0.610. The van der Waals surface area contributed by atoms with E-state index in [4.69, 9.17) is 4.74 Å². The second kappa shape index (κ2) is 5.19. The van der Waals surface area contributed by atoms with Crippen molar-refractivity contribution in [1.29, 1.82) is 0 Å². The topological polar surface area (TPSA) is 32.8 Å². The van der Waals surface area contributed by atoms with Crippen LogP contribution in [-0.4, -0.2) is 62.1 Å². The van der Waals surface area contributed by atoms with E-state index in [1.165, 1.54) is 0 Å². The highest BCUT2D eigenvalue weighted by Crippen LogP contribution is 2.00. The number of amides is 1. The summed E-state index contributed by atoms with van der Waals surface area (Å²) in [7, 11) is 1.97. The fourth-order valence-electron chi connectivity index (χ4n) is 1.38. The van der Waals surface area contributed by atoms with Crippen molar-refractivity contribution in [3.05, 3.63) is 0 Å². The molecule has 1 amide bonds. The molecule has 0 bridgehead atoms. The minimum atomic E-state index is 0.216. The van der Waals surface area contributed by atoms with Gasteiger partial charge in [0.15, 0.2) is 0 Å². The average Bonchev–Trinajstić information content (AvgIpc) is 2.09. The Kier molecular flexibility index (Phi) is 4.18. The summed E-state index contributed by atoms with van der Waals surface area (Å²) in [5.41, 5.74) is 0. The van der Waals surface area contributed by atoms with Gasteiger partial charge in [-0.05, 0) is 14.0 Å². The molecule has 4 nitrogen and oxygen atoms in total. The van der Waals surface area contributed by atoms with Crippen LogP contribution in [0.4, 0.5) is 0 Å². The van der Waals surface area contributed by atoms with E-state index >= 15 is 0 Å². The quantitative estimate of drug-likeness (QED) is 0.570. The van der Waals surface area contributed by atoms with Crippen molar-refractivity contribution in [3.63, 3.8) is 0 Å². The SMILES string of the molecule is CCOCCN1CCN(C)CC1=O. The standard InChI is InChI=1S/C9H18N2O2/c1-3-13-7-6-11-5-4-10(2)8-9(11)12/h3-8H2,1-2H3. The first kappa shape index (κ1) is 10.5. The third kappa shape index (κ3) is 3.32. The van der Waals surface area contributed by atoms with E-state index in [0.717, 1.165) is 26.2 Å². The lowest BCUT2D eigenvalue weighted by Gasteiger charge is -2.31. The van der Waals surface area contributed by atoms with Crippen LogP contribution in [0.3, 0.4) is 0 Å². The van der Waals surface area contributed by atoms with E-state index in [-0.39, 0.29) is 5.91 Å². The first-order valence-corrected chi connectivity index (χ1v) is 4.78. The molecule has 76 valence electrons. The van der Waals surface area contributed by atoms with Gasteiger partial charge in [-0.3, -0.25) is 9.69 Å². The van der Waals surface area contributed by atoms with Gasteiger partial charge in [-0.1, -0.05) is 0 Å². The van der Waals surface area contributed by atoms with Crippen LogP contribution in [0, 0.1) is 0 Å². The van der Waals surface area contributed by atoms with Crippen LogP contribution in [0.25, 0.3) is 0 Å². The molecule has 0 saturated carbocycles. The van der Waals surface area contributed by atoms with Gasteiger partial charge < -0.3 is 9.64 Å². The number of hydrogen-bond acceptors (Lipinski definition) is 3. The minimum absolute atomic E-state index is 0.216. The second-order valence-electron chi connectivity index (χ2n) is 3.32. The van der Waals surface area contributed by atoms with Gasteiger partial charge >= 0.3 is 0 Å². The molecule has 0 aromatic carbocycles. The van der Waals surface area contributed by atoms with Crippen molar-refractivity contribution in [2.24, 2.45) is 0 Å². The lowest BCUT2D eigenvalue weighted by Crippen LogP contribution is -2.49. The number of likely N-dealkylation sites (N-methyl/N-ethyl adjacent to an activating group) is 1. The molecule has 1 fully saturated rings. The molecule has 0 spiro atoms. The largest absolute Gasteiger partial charge is 0.380 e. The lowest BCUT2D eigenvalue weighted by molar-refractivity contribution is -0.136. The zero-order chi connectivity index (χ0) is 9.68. The van der Waals surface area contributed by atoms with Crippen LogP contribution < -0.4 is 0 Å². The molecule has 1 rings (SSSR count).